The van der Waals surface area contributed by atoms with E-state index in [0.717, 1.165) is 5.69 Å². The second-order valence-corrected chi connectivity index (χ2v) is 7.01. The minimum absolute atomic E-state index is 0.112. The highest BCUT2D eigenvalue weighted by atomic mass is 32.1. The van der Waals surface area contributed by atoms with Crippen LogP contribution in [-0.4, -0.2) is 48.8 Å². The molecule has 146 valence electrons. The molecule has 4 unspecified atom stereocenters. The lowest BCUT2D eigenvalue weighted by atomic mass is 10.1. The van der Waals surface area contributed by atoms with Gasteiger partial charge in [0.15, 0.2) is 11.2 Å². The van der Waals surface area contributed by atoms with E-state index in [4.69, 9.17) is 26.4 Å². The first-order valence-electron chi connectivity index (χ1n) is 9.07. The number of para-hydroxylation sites is 2. The van der Waals surface area contributed by atoms with Gasteiger partial charge in [-0.15, -0.1) is 0 Å². The minimum Gasteiger partial charge on any atom is -0.441 e. The Bertz CT molecular complexity index is 751. The third-order valence-electron chi connectivity index (χ3n) is 4.63. The SMILES string of the molecule is O=C(Nc1ccccc1)OC1COC2C(NC(=S)Nc3ccccc3)COC12. The van der Waals surface area contributed by atoms with Gasteiger partial charge >= 0.3 is 6.09 Å². The molecule has 2 aromatic carbocycles. The Morgan fingerprint density at radius 1 is 0.893 bits per heavy atom. The van der Waals surface area contributed by atoms with Crippen LogP contribution in [0.4, 0.5) is 16.2 Å². The zero-order valence-corrected chi connectivity index (χ0v) is 15.9. The van der Waals surface area contributed by atoms with Gasteiger partial charge in [-0.1, -0.05) is 36.4 Å². The van der Waals surface area contributed by atoms with Gasteiger partial charge in [-0.2, -0.15) is 0 Å². The topological polar surface area (TPSA) is 80.9 Å². The molecule has 0 saturated carbocycles. The molecule has 2 heterocycles. The van der Waals surface area contributed by atoms with E-state index in [-0.39, 0.29) is 24.9 Å². The number of amides is 1. The Balaban J connectivity index is 1.28. The van der Waals surface area contributed by atoms with Gasteiger partial charge in [0.05, 0.1) is 19.3 Å². The Morgan fingerprint density at radius 3 is 2.18 bits per heavy atom. The predicted octanol–water partition coefficient (Wildman–Crippen LogP) is 2.76. The standard InChI is InChI=1S/C20H21N3O4S/c24-20(22-14-9-5-2-6-10-14)27-16-12-26-17-15(11-25-18(16)17)23-19(28)21-13-7-3-1-4-8-13/h1-10,15-18H,11-12H2,(H,22,24)(H2,21,23,28). The summed E-state index contributed by atoms with van der Waals surface area (Å²) in [6, 6.07) is 18.7. The number of rotatable bonds is 4. The van der Waals surface area contributed by atoms with Crippen molar-refractivity contribution in [2.75, 3.05) is 23.8 Å². The van der Waals surface area contributed by atoms with E-state index in [2.05, 4.69) is 16.0 Å². The molecule has 4 rings (SSSR count). The fourth-order valence-corrected chi connectivity index (χ4v) is 3.62. The average Bonchev–Trinajstić information content (AvgIpc) is 3.27. The zero-order chi connectivity index (χ0) is 19.3. The fraction of sp³-hybridized carbons (Fsp3) is 0.300. The maximum Gasteiger partial charge on any atom is 0.412 e. The number of benzene rings is 2. The molecule has 28 heavy (non-hydrogen) atoms. The molecule has 7 nitrogen and oxygen atoms in total. The number of carbonyl (C=O) groups is 1. The van der Waals surface area contributed by atoms with Crippen molar-refractivity contribution in [3.05, 3.63) is 60.7 Å². The van der Waals surface area contributed by atoms with E-state index in [9.17, 15) is 4.79 Å². The highest BCUT2D eigenvalue weighted by Gasteiger charge is 2.49. The number of thiocarbonyl (C=S) groups is 1. The predicted molar refractivity (Wildman–Crippen MR) is 109 cm³/mol. The smallest absolute Gasteiger partial charge is 0.412 e. The molecule has 2 aliphatic rings. The molecule has 3 N–H and O–H groups in total. The second-order valence-electron chi connectivity index (χ2n) is 6.60. The molecule has 2 fully saturated rings. The number of anilines is 2. The lowest BCUT2D eigenvalue weighted by Gasteiger charge is -2.19. The van der Waals surface area contributed by atoms with Crippen LogP contribution in [0.1, 0.15) is 0 Å². The molecule has 0 spiro atoms. The Labute approximate surface area is 168 Å². The molecule has 1 amide bonds. The van der Waals surface area contributed by atoms with Gasteiger partial charge in [0.2, 0.25) is 0 Å². The highest BCUT2D eigenvalue weighted by Crippen LogP contribution is 2.29. The fourth-order valence-electron chi connectivity index (χ4n) is 3.35. The van der Waals surface area contributed by atoms with Crippen LogP contribution in [0.15, 0.2) is 60.7 Å². The van der Waals surface area contributed by atoms with Crippen molar-refractivity contribution in [1.29, 1.82) is 0 Å². The number of nitrogens with one attached hydrogen (secondary N) is 3. The molecule has 0 aliphatic carbocycles. The molecule has 4 atom stereocenters. The quantitative estimate of drug-likeness (QED) is 0.682. The van der Waals surface area contributed by atoms with Gasteiger partial charge < -0.3 is 24.8 Å². The highest BCUT2D eigenvalue weighted by molar-refractivity contribution is 7.80. The van der Waals surface area contributed by atoms with Crippen LogP contribution in [-0.2, 0) is 14.2 Å². The number of fused-ring (bicyclic) bond motifs is 1. The molecule has 8 heteroatoms. The second kappa shape index (κ2) is 8.55. The van der Waals surface area contributed by atoms with E-state index in [0.29, 0.717) is 17.4 Å². The van der Waals surface area contributed by atoms with Crippen LogP contribution in [0.5, 0.6) is 0 Å². The largest absolute Gasteiger partial charge is 0.441 e. The van der Waals surface area contributed by atoms with Gasteiger partial charge in [-0.25, -0.2) is 4.79 Å². The molecule has 2 aromatic rings. The zero-order valence-electron chi connectivity index (χ0n) is 15.0. The van der Waals surface area contributed by atoms with Gasteiger partial charge in [-0.05, 0) is 36.5 Å². The van der Waals surface area contributed by atoms with Crippen molar-refractivity contribution in [3.63, 3.8) is 0 Å². The molecule has 2 aliphatic heterocycles. The Morgan fingerprint density at radius 2 is 1.50 bits per heavy atom. The first-order chi connectivity index (χ1) is 13.7. The molecular weight excluding hydrogens is 378 g/mol. The summed E-state index contributed by atoms with van der Waals surface area (Å²) in [7, 11) is 0. The summed E-state index contributed by atoms with van der Waals surface area (Å²) in [5.41, 5.74) is 1.58. The molecule has 0 bridgehead atoms. The van der Waals surface area contributed by atoms with Crippen molar-refractivity contribution < 1.29 is 19.0 Å². The van der Waals surface area contributed by atoms with Crippen LogP contribution >= 0.6 is 12.2 Å². The summed E-state index contributed by atoms with van der Waals surface area (Å²) < 4.78 is 17.2. The summed E-state index contributed by atoms with van der Waals surface area (Å²) in [4.78, 5) is 12.1. The average molecular weight is 399 g/mol. The summed E-state index contributed by atoms with van der Waals surface area (Å²) >= 11 is 5.38. The number of hydrogen-bond acceptors (Lipinski definition) is 5. The maximum atomic E-state index is 12.1. The Kier molecular flexibility index (Phi) is 5.70. The van der Waals surface area contributed by atoms with Crippen LogP contribution in [0.3, 0.4) is 0 Å². The first-order valence-corrected chi connectivity index (χ1v) is 9.48. The maximum absolute atomic E-state index is 12.1. The minimum atomic E-state index is -0.526. The molecule has 2 saturated heterocycles. The summed E-state index contributed by atoms with van der Waals surface area (Å²) in [5, 5.41) is 9.56. The molecule has 0 radical (unpaired) electrons. The van der Waals surface area contributed by atoms with Gasteiger partial charge in [0.25, 0.3) is 0 Å². The van der Waals surface area contributed by atoms with Crippen molar-refractivity contribution in [2.24, 2.45) is 0 Å². The van der Waals surface area contributed by atoms with E-state index >= 15 is 0 Å². The monoisotopic (exact) mass is 399 g/mol. The van der Waals surface area contributed by atoms with E-state index in [1.807, 2.05) is 48.5 Å². The van der Waals surface area contributed by atoms with Crippen molar-refractivity contribution >= 4 is 34.8 Å². The van der Waals surface area contributed by atoms with Crippen LogP contribution < -0.4 is 16.0 Å². The van der Waals surface area contributed by atoms with Gasteiger partial charge in [0, 0.05) is 11.4 Å². The Hall–Kier alpha value is -2.68. The first kappa shape index (κ1) is 18.7. The van der Waals surface area contributed by atoms with Gasteiger partial charge in [-0.3, -0.25) is 5.32 Å². The number of carbonyl (C=O) groups excluding carboxylic acids is 1. The van der Waals surface area contributed by atoms with E-state index < -0.39 is 12.2 Å². The van der Waals surface area contributed by atoms with Gasteiger partial charge in [0.1, 0.15) is 12.2 Å². The summed E-state index contributed by atoms with van der Waals surface area (Å²) in [6.07, 6.45) is -1.54. The lowest BCUT2D eigenvalue weighted by molar-refractivity contribution is 0.00880. The van der Waals surface area contributed by atoms with Crippen molar-refractivity contribution in [3.8, 4) is 0 Å². The molecule has 0 aromatic heterocycles. The van der Waals surface area contributed by atoms with Crippen LogP contribution in [0.25, 0.3) is 0 Å². The van der Waals surface area contributed by atoms with Crippen LogP contribution in [0.2, 0.25) is 0 Å². The van der Waals surface area contributed by atoms with Crippen molar-refractivity contribution in [1.82, 2.24) is 5.32 Å². The third kappa shape index (κ3) is 4.41. The normalized spacial score (nSPS) is 25.6. The molecular formula is C20H21N3O4S. The summed E-state index contributed by atoms with van der Waals surface area (Å²) in [6.45, 7) is 0.709. The third-order valence-corrected chi connectivity index (χ3v) is 4.85. The summed E-state index contributed by atoms with van der Waals surface area (Å²) in [5.74, 6) is 0. The van der Waals surface area contributed by atoms with E-state index in [1.54, 1.807) is 12.1 Å². The van der Waals surface area contributed by atoms with E-state index in [1.165, 1.54) is 0 Å². The lowest BCUT2D eigenvalue weighted by Crippen LogP contribution is -2.46. The number of ether oxygens (including phenoxy) is 3. The number of hydrogen-bond donors (Lipinski definition) is 3. The van der Waals surface area contributed by atoms with Crippen LogP contribution in [0, 0.1) is 0 Å². The van der Waals surface area contributed by atoms with Crippen molar-refractivity contribution in [2.45, 2.75) is 24.4 Å².